The third kappa shape index (κ3) is 3.17. The average Bonchev–Trinajstić information content (AvgIpc) is 2.43. The van der Waals surface area contributed by atoms with Crippen molar-refractivity contribution < 1.29 is 17.9 Å². The molecule has 0 atom stereocenters. The van der Waals surface area contributed by atoms with E-state index in [0.29, 0.717) is 22.5 Å². The lowest BCUT2D eigenvalue weighted by atomic mass is 10.2. The fourth-order valence-corrected chi connectivity index (χ4v) is 1.84. The Balaban J connectivity index is 2.18. The lowest BCUT2D eigenvalue weighted by molar-refractivity contribution is 0.415. The smallest absolute Gasteiger partial charge is 0.161 e. The predicted molar refractivity (Wildman–Crippen MR) is 71.6 cm³/mol. The first-order valence-electron chi connectivity index (χ1n) is 5.72. The van der Waals surface area contributed by atoms with Crippen molar-refractivity contribution in [1.82, 2.24) is 0 Å². The van der Waals surface area contributed by atoms with Crippen LogP contribution in [0, 0.1) is 17.5 Å². The number of benzene rings is 2. The molecular weight excluding hydrogens is 291 g/mol. The van der Waals surface area contributed by atoms with Gasteiger partial charge >= 0.3 is 0 Å². The third-order valence-electron chi connectivity index (χ3n) is 2.73. The van der Waals surface area contributed by atoms with Crippen molar-refractivity contribution in [2.75, 3.05) is 12.4 Å². The van der Waals surface area contributed by atoms with Crippen molar-refractivity contribution in [2.24, 2.45) is 0 Å². The van der Waals surface area contributed by atoms with Crippen molar-refractivity contribution in [3.8, 4) is 5.75 Å². The van der Waals surface area contributed by atoms with E-state index >= 15 is 0 Å². The number of ether oxygens (including phenoxy) is 1. The van der Waals surface area contributed by atoms with Gasteiger partial charge in [0.25, 0.3) is 0 Å². The van der Waals surface area contributed by atoms with Gasteiger partial charge in [-0.3, -0.25) is 0 Å². The lowest BCUT2D eigenvalue weighted by Crippen LogP contribution is -2.04. The van der Waals surface area contributed by atoms with Crippen LogP contribution >= 0.6 is 11.6 Å². The monoisotopic (exact) mass is 301 g/mol. The van der Waals surface area contributed by atoms with Crippen LogP contribution in [-0.2, 0) is 6.54 Å². The fraction of sp³-hybridized carbons (Fsp3) is 0.143. The molecule has 2 nitrogen and oxygen atoms in total. The van der Waals surface area contributed by atoms with E-state index in [9.17, 15) is 13.2 Å². The molecule has 0 saturated heterocycles. The molecule has 2 rings (SSSR count). The van der Waals surface area contributed by atoms with Crippen LogP contribution in [0.4, 0.5) is 18.9 Å². The maximum atomic E-state index is 13.5. The van der Waals surface area contributed by atoms with Gasteiger partial charge in [0.05, 0.1) is 17.8 Å². The van der Waals surface area contributed by atoms with Crippen LogP contribution in [-0.4, -0.2) is 7.11 Å². The van der Waals surface area contributed by atoms with E-state index in [-0.39, 0.29) is 12.1 Å². The maximum absolute atomic E-state index is 13.5. The highest BCUT2D eigenvalue weighted by Gasteiger charge is 2.10. The number of nitrogens with one attached hydrogen (secondary N) is 1. The Morgan fingerprint density at radius 2 is 1.75 bits per heavy atom. The fourth-order valence-electron chi connectivity index (χ4n) is 1.66. The Morgan fingerprint density at radius 1 is 1.05 bits per heavy atom. The minimum Gasteiger partial charge on any atom is -0.497 e. The van der Waals surface area contributed by atoms with Crippen LogP contribution in [0.25, 0.3) is 0 Å². The Hall–Kier alpha value is -1.88. The minimum atomic E-state index is -1.22. The number of rotatable bonds is 4. The molecule has 20 heavy (non-hydrogen) atoms. The van der Waals surface area contributed by atoms with Gasteiger partial charge in [0.15, 0.2) is 11.6 Å². The van der Waals surface area contributed by atoms with E-state index in [1.54, 1.807) is 18.2 Å². The van der Waals surface area contributed by atoms with Crippen LogP contribution in [0.15, 0.2) is 30.3 Å². The molecule has 106 valence electrons. The van der Waals surface area contributed by atoms with Gasteiger partial charge in [-0.2, -0.15) is 0 Å². The summed E-state index contributed by atoms with van der Waals surface area (Å²) >= 11 is 5.97. The molecule has 0 saturated carbocycles. The molecule has 0 aliphatic heterocycles. The number of halogens is 4. The molecule has 0 spiro atoms. The van der Waals surface area contributed by atoms with Gasteiger partial charge < -0.3 is 10.1 Å². The Bertz CT molecular complexity index is 634. The van der Waals surface area contributed by atoms with E-state index in [4.69, 9.17) is 16.3 Å². The van der Waals surface area contributed by atoms with Crippen molar-refractivity contribution in [2.45, 2.75) is 6.54 Å². The van der Waals surface area contributed by atoms with E-state index in [1.807, 2.05) is 0 Å². The molecule has 2 aromatic rings. The highest BCUT2D eigenvalue weighted by Crippen LogP contribution is 2.27. The van der Waals surface area contributed by atoms with Crippen molar-refractivity contribution in [1.29, 1.82) is 0 Å². The first-order chi connectivity index (χ1) is 9.51. The molecule has 2 aromatic carbocycles. The SMILES string of the molecule is COc1ccc(Cl)c(NCc2cc(F)c(F)cc2F)c1. The van der Waals surface area contributed by atoms with Crippen molar-refractivity contribution in [3.63, 3.8) is 0 Å². The molecule has 0 radical (unpaired) electrons. The normalized spacial score (nSPS) is 10.4. The van der Waals surface area contributed by atoms with Gasteiger partial charge in [0, 0.05) is 24.2 Å². The number of hydrogen-bond acceptors (Lipinski definition) is 2. The summed E-state index contributed by atoms with van der Waals surface area (Å²) in [6, 6.07) is 6.24. The van der Waals surface area contributed by atoms with Crippen LogP contribution in [0.3, 0.4) is 0 Å². The summed E-state index contributed by atoms with van der Waals surface area (Å²) in [5, 5.41) is 3.26. The van der Waals surface area contributed by atoms with E-state index in [2.05, 4.69) is 5.32 Å². The van der Waals surface area contributed by atoms with Crippen LogP contribution in [0.1, 0.15) is 5.56 Å². The highest BCUT2D eigenvalue weighted by atomic mass is 35.5. The summed E-state index contributed by atoms with van der Waals surface area (Å²) in [7, 11) is 1.50. The second kappa shape index (κ2) is 6.05. The van der Waals surface area contributed by atoms with Crippen LogP contribution in [0.2, 0.25) is 5.02 Å². The predicted octanol–water partition coefficient (Wildman–Crippen LogP) is 4.38. The van der Waals surface area contributed by atoms with E-state index in [0.717, 1.165) is 6.07 Å². The van der Waals surface area contributed by atoms with Gasteiger partial charge in [-0.1, -0.05) is 11.6 Å². The maximum Gasteiger partial charge on any atom is 0.161 e. The Kier molecular flexibility index (Phi) is 4.39. The molecule has 0 fully saturated rings. The van der Waals surface area contributed by atoms with Crippen molar-refractivity contribution >= 4 is 17.3 Å². The molecule has 0 heterocycles. The number of anilines is 1. The van der Waals surface area contributed by atoms with Crippen molar-refractivity contribution in [3.05, 3.63) is 58.4 Å². The minimum absolute atomic E-state index is 0.00258. The zero-order chi connectivity index (χ0) is 14.7. The van der Waals surface area contributed by atoms with Gasteiger partial charge in [-0.25, -0.2) is 13.2 Å². The molecule has 0 aliphatic rings. The summed E-state index contributed by atoms with van der Waals surface area (Å²) < 4.78 is 44.4. The first kappa shape index (κ1) is 14.5. The van der Waals surface area contributed by atoms with Gasteiger partial charge in [0.2, 0.25) is 0 Å². The molecule has 6 heteroatoms. The molecule has 0 unspecified atom stereocenters. The highest BCUT2D eigenvalue weighted by molar-refractivity contribution is 6.33. The summed E-state index contributed by atoms with van der Waals surface area (Å²) in [5.74, 6) is -2.57. The Labute approximate surface area is 119 Å². The zero-order valence-corrected chi connectivity index (χ0v) is 11.3. The quantitative estimate of drug-likeness (QED) is 0.846. The zero-order valence-electron chi connectivity index (χ0n) is 10.5. The Morgan fingerprint density at radius 3 is 2.45 bits per heavy atom. The first-order valence-corrected chi connectivity index (χ1v) is 6.10. The van der Waals surface area contributed by atoms with Gasteiger partial charge in [-0.15, -0.1) is 0 Å². The van der Waals surface area contributed by atoms with Crippen LogP contribution in [0.5, 0.6) is 5.75 Å². The number of hydrogen-bond donors (Lipinski definition) is 1. The topological polar surface area (TPSA) is 21.3 Å². The summed E-state index contributed by atoms with van der Waals surface area (Å²) in [6.07, 6.45) is 0. The second-order valence-corrected chi connectivity index (χ2v) is 4.46. The average molecular weight is 302 g/mol. The van der Waals surface area contributed by atoms with E-state index in [1.165, 1.54) is 7.11 Å². The third-order valence-corrected chi connectivity index (χ3v) is 3.06. The molecule has 0 amide bonds. The van der Waals surface area contributed by atoms with E-state index < -0.39 is 17.5 Å². The molecule has 0 bridgehead atoms. The van der Waals surface area contributed by atoms with Crippen LogP contribution < -0.4 is 10.1 Å². The largest absolute Gasteiger partial charge is 0.497 e. The second-order valence-electron chi connectivity index (χ2n) is 4.06. The summed E-state index contributed by atoms with van der Waals surface area (Å²) in [6.45, 7) is -0.0318. The lowest BCUT2D eigenvalue weighted by Gasteiger charge is -2.11. The standard InChI is InChI=1S/C14H11ClF3NO/c1-20-9-2-3-10(15)14(5-9)19-7-8-4-12(17)13(18)6-11(8)16/h2-6,19H,7H2,1H3. The van der Waals surface area contributed by atoms with Gasteiger partial charge in [-0.05, 0) is 18.2 Å². The molecular formula is C14H11ClF3NO. The summed E-state index contributed by atoms with van der Waals surface area (Å²) in [5.41, 5.74) is 0.512. The van der Waals surface area contributed by atoms with Gasteiger partial charge in [0.1, 0.15) is 11.6 Å². The summed E-state index contributed by atoms with van der Waals surface area (Å²) in [4.78, 5) is 0. The number of methoxy groups -OCH3 is 1. The molecule has 0 aromatic heterocycles. The molecule has 0 aliphatic carbocycles. The molecule has 1 N–H and O–H groups in total.